The van der Waals surface area contributed by atoms with Crippen molar-refractivity contribution in [2.75, 3.05) is 24.2 Å². The molecule has 2 rings (SSSR count). The molecule has 1 aliphatic heterocycles. The second kappa shape index (κ2) is 5.60. The van der Waals surface area contributed by atoms with Gasteiger partial charge >= 0.3 is 11.7 Å². The van der Waals surface area contributed by atoms with E-state index in [4.69, 9.17) is 5.11 Å². The lowest BCUT2D eigenvalue weighted by Gasteiger charge is -2.30. The van der Waals surface area contributed by atoms with Crippen LogP contribution in [0.5, 0.6) is 0 Å². The first-order chi connectivity index (χ1) is 9.70. The summed E-state index contributed by atoms with van der Waals surface area (Å²) in [6.07, 6.45) is 2.10. The number of carbonyl (C=O) groups is 1. The predicted molar refractivity (Wildman–Crippen MR) is 76.7 cm³/mol. The Balaban J connectivity index is 2.40. The molecule has 1 saturated heterocycles. The third-order valence-corrected chi connectivity index (χ3v) is 6.28. The fraction of sp³-hybridized carbons (Fsp3) is 0.545. The maximum atomic E-state index is 11.6. The van der Waals surface area contributed by atoms with E-state index in [0.29, 0.717) is 19.4 Å². The van der Waals surface area contributed by atoms with Crippen molar-refractivity contribution in [2.24, 2.45) is 5.92 Å². The van der Waals surface area contributed by atoms with Gasteiger partial charge in [-0.2, -0.15) is 0 Å². The molecular weight excluding hydrogens is 320 g/mol. The van der Waals surface area contributed by atoms with Gasteiger partial charge in [-0.05, 0) is 12.8 Å². The Hall–Kier alpha value is -1.68. The monoisotopic (exact) mass is 334 g/mol. The normalized spacial score (nSPS) is 19.5. The van der Waals surface area contributed by atoms with Crippen LogP contribution in [0.2, 0.25) is 0 Å². The minimum atomic E-state index is -3.54. The highest BCUT2D eigenvalue weighted by atomic mass is 32.2. The standard InChI is InChI=1S/C11H14N2O6S2/c1-21(18,19)9-5-8(13(16)17)10(20-9)12-4-2-3-7(6-12)11(14)15/h5,7H,2-4,6H2,1H3,(H,14,15). The van der Waals surface area contributed by atoms with E-state index in [0.717, 1.165) is 23.7 Å². The molecule has 8 nitrogen and oxygen atoms in total. The summed E-state index contributed by atoms with van der Waals surface area (Å²) >= 11 is 0.818. The Morgan fingerprint density at radius 2 is 2.24 bits per heavy atom. The van der Waals surface area contributed by atoms with Crippen molar-refractivity contribution in [2.45, 2.75) is 17.1 Å². The van der Waals surface area contributed by atoms with Gasteiger partial charge in [0.1, 0.15) is 4.21 Å². The van der Waals surface area contributed by atoms with Crippen LogP contribution in [0.3, 0.4) is 0 Å². The first-order valence-electron chi connectivity index (χ1n) is 6.16. The Labute approximate surface area is 125 Å². The van der Waals surface area contributed by atoms with Crippen LogP contribution < -0.4 is 4.90 Å². The average Bonchev–Trinajstić information content (AvgIpc) is 2.84. The van der Waals surface area contributed by atoms with Crippen LogP contribution >= 0.6 is 11.3 Å². The zero-order valence-electron chi connectivity index (χ0n) is 11.2. The molecule has 116 valence electrons. The number of carboxylic acid groups (broad SMARTS) is 1. The molecule has 1 atom stereocenters. The van der Waals surface area contributed by atoms with Crippen molar-refractivity contribution >= 4 is 37.8 Å². The molecule has 0 spiro atoms. The molecule has 1 unspecified atom stereocenters. The van der Waals surface area contributed by atoms with Crippen LogP contribution in [-0.2, 0) is 14.6 Å². The summed E-state index contributed by atoms with van der Waals surface area (Å²) in [5, 5.41) is 20.4. The van der Waals surface area contributed by atoms with Crippen LogP contribution in [-0.4, -0.2) is 43.8 Å². The second-order valence-corrected chi connectivity index (χ2v) is 8.18. The Kier molecular flexibility index (Phi) is 4.19. The number of sulfone groups is 1. The molecule has 0 saturated carbocycles. The van der Waals surface area contributed by atoms with Crippen LogP contribution in [0.15, 0.2) is 10.3 Å². The summed E-state index contributed by atoms with van der Waals surface area (Å²) < 4.78 is 23.0. The highest BCUT2D eigenvalue weighted by molar-refractivity contribution is 7.92. The fourth-order valence-corrected chi connectivity index (χ4v) is 4.32. The van der Waals surface area contributed by atoms with Crippen molar-refractivity contribution in [3.8, 4) is 0 Å². The van der Waals surface area contributed by atoms with Crippen molar-refractivity contribution in [1.82, 2.24) is 0 Å². The van der Waals surface area contributed by atoms with Gasteiger partial charge in [0.2, 0.25) is 0 Å². The zero-order chi connectivity index (χ0) is 15.8. The number of anilines is 1. The first-order valence-corrected chi connectivity index (χ1v) is 8.87. The highest BCUT2D eigenvalue weighted by Gasteiger charge is 2.32. The number of carboxylic acids is 1. The van der Waals surface area contributed by atoms with E-state index >= 15 is 0 Å². The fourth-order valence-electron chi connectivity index (χ4n) is 2.25. The highest BCUT2D eigenvalue weighted by Crippen LogP contribution is 2.41. The number of hydrogen-bond acceptors (Lipinski definition) is 7. The second-order valence-electron chi connectivity index (χ2n) is 4.91. The van der Waals surface area contributed by atoms with E-state index in [1.807, 2.05) is 0 Å². The topological polar surface area (TPSA) is 118 Å². The first kappa shape index (κ1) is 15.7. The third-order valence-electron chi connectivity index (χ3n) is 3.29. The van der Waals surface area contributed by atoms with Crippen LogP contribution in [0.4, 0.5) is 10.7 Å². The van der Waals surface area contributed by atoms with Crippen molar-refractivity contribution < 1.29 is 23.2 Å². The molecule has 21 heavy (non-hydrogen) atoms. The lowest BCUT2D eigenvalue weighted by atomic mass is 9.98. The van der Waals surface area contributed by atoms with Gasteiger partial charge in [-0.3, -0.25) is 14.9 Å². The summed E-state index contributed by atoms with van der Waals surface area (Å²) in [4.78, 5) is 23.1. The third kappa shape index (κ3) is 3.32. The lowest BCUT2D eigenvalue weighted by molar-refractivity contribution is -0.383. The SMILES string of the molecule is CS(=O)(=O)c1cc([N+](=O)[O-])c(N2CCCC(C(=O)O)C2)s1. The number of piperidine rings is 1. The van der Waals surface area contributed by atoms with Gasteiger partial charge in [0.15, 0.2) is 14.8 Å². The molecule has 1 fully saturated rings. The largest absolute Gasteiger partial charge is 0.481 e. The van der Waals surface area contributed by atoms with Gasteiger partial charge in [-0.25, -0.2) is 8.42 Å². The van der Waals surface area contributed by atoms with Crippen molar-refractivity contribution in [1.29, 1.82) is 0 Å². The Morgan fingerprint density at radius 1 is 1.57 bits per heavy atom. The molecule has 0 aromatic carbocycles. The van der Waals surface area contributed by atoms with E-state index < -0.39 is 26.6 Å². The minimum absolute atomic E-state index is 0.0818. The summed E-state index contributed by atoms with van der Waals surface area (Å²) in [6, 6.07) is 1.04. The molecule has 0 bridgehead atoms. The molecule has 10 heteroatoms. The maximum absolute atomic E-state index is 11.6. The number of thiophene rings is 1. The van der Waals surface area contributed by atoms with E-state index in [1.54, 1.807) is 4.90 Å². The van der Waals surface area contributed by atoms with E-state index in [2.05, 4.69) is 0 Å². The maximum Gasteiger partial charge on any atom is 0.308 e. The van der Waals surface area contributed by atoms with Crippen LogP contribution in [0.1, 0.15) is 12.8 Å². The summed E-state index contributed by atoms with van der Waals surface area (Å²) in [7, 11) is -3.54. The van der Waals surface area contributed by atoms with Gasteiger partial charge in [0.25, 0.3) is 0 Å². The molecular formula is C11H14N2O6S2. The van der Waals surface area contributed by atoms with Gasteiger partial charge in [0, 0.05) is 25.4 Å². The van der Waals surface area contributed by atoms with E-state index in [1.165, 1.54) is 0 Å². The number of aliphatic carboxylic acids is 1. The van der Waals surface area contributed by atoms with Crippen LogP contribution in [0.25, 0.3) is 0 Å². The predicted octanol–water partition coefficient (Wildman–Crippen LogP) is 1.36. The molecule has 1 aliphatic rings. The molecule has 0 amide bonds. The molecule has 1 aromatic rings. The van der Waals surface area contributed by atoms with Gasteiger partial charge < -0.3 is 10.0 Å². The average molecular weight is 334 g/mol. The molecule has 1 N–H and O–H groups in total. The van der Waals surface area contributed by atoms with E-state index in [-0.39, 0.29) is 21.4 Å². The molecule has 2 heterocycles. The zero-order valence-corrected chi connectivity index (χ0v) is 12.8. The number of nitrogens with zero attached hydrogens (tertiary/aromatic N) is 2. The molecule has 0 radical (unpaired) electrons. The Bertz CT molecular complexity index is 681. The van der Waals surface area contributed by atoms with Crippen molar-refractivity contribution in [3.63, 3.8) is 0 Å². The van der Waals surface area contributed by atoms with Gasteiger partial charge in [0.05, 0.1) is 10.8 Å². The van der Waals surface area contributed by atoms with Crippen LogP contribution in [0, 0.1) is 16.0 Å². The molecule has 0 aliphatic carbocycles. The number of hydrogen-bond donors (Lipinski definition) is 1. The molecule has 1 aromatic heterocycles. The summed E-state index contributed by atoms with van der Waals surface area (Å²) in [5.41, 5.74) is -0.286. The Morgan fingerprint density at radius 3 is 2.76 bits per heavy atom. The quantitative estimate of drug-likeness (QED) is 0.652. The van der Waals surface area contributed by atoms with Gasteiger partial charge in [-0.1, -0.05) is 11.3 Å². The number of rotatable bonds is 4. The van der Waals surface area contributed by atoms with E-state index in [9.17, 15) is 23.3 Å². The summed E-state index contributed by atoms with van der Waals surface area (Å²) in [5.74, 6) is -1.54. The smallest absolute Gasteiger partial charge is 0.308 e. The summed E-state index contributed by atoms with van der Waals surface area (Å²) in [6.45, 7) is 0.633. The van der Waals surface area contributed by atoms with Gasteiger partial charge in [-0.15, -0.1) is 0 Å². The lowest BCUT2D eigenvalue weighted by Crippen LogP contribution is -2.38. The minimum Gasteiger partial charge on any atom is -0.481 e. The van der Waals surface area contributed by atoms with Crippen molar-refractivity contribution in [3.05, 3.63) is 16.2 Å². The number of nitro groups is 1.